The van der Waals surface area contributed by atoms with Gasteiger partial charge in [0.05, 0.1) is 6.61 Å². The molecule has 1 aliphatic rings. The molecule has 0 spiro atoms. The van der Waals surface area contributed by atoms with E-state index in [1.165, 1.54) is 0 Å². The SMILES string of the molecule is OC[C@H]1OC(O)C(O)(O)[C@@H](O)[C@@H]1O. The molecule has 0 amide bonds. The van der Waals surface area contributed by atoms with Gasteiger partial charge in [-0.25, -0.2) is 0 Å². The van der Waals surface area contributed by atoms with E-state index >= 15 is 0 Å². The predicted molar refractivity (Wildman–Crippen MR) is 37.1 cm³/mol. The molecule has 7 heteroatoms. The van der Waals surface area contributed by atoms with Crippen LogP contribution in [0, 0.1) is 0 Å². The van der Waals surface area contributed by atoms with Crippen molar-refractivity contribution in [3.63, 3.8) is 0 Å². The maximum Gasteiger partial charge on any atom is 0.245 e. The van der Waals surface area contributed by atoms with Gasteiger partial charge in [-0.05, 0) is 0 Å². The quantitative estimate of drug-likeness (QED) is 0.236. The zero-order valence-electron chi connectivity index (χ0n) is 6.61. The van der Waals surface area contributed by atoms with Crippen LogP contribution in [-0.4, -0.2) is 67.6 Å². The van der Waals surface area contributed by atoms with Gasteiger partial charge in [-0.1, -0.05) is 0 Å². The minimum absolute atomic E-state index is 0.647. The van der Waals surface area contributed by atoms with Gasteiger partial charge in [0.15, 0.2) is 0 Å². The Balaban J connectivity index is 2.79. The van der Waals surface area contributed by atoms with Crippen molar-refractivity contribution >= 4 is 0 Å². The summed E-state index contributed by atoms with van der Waals surface area (Å²) in [5.74, 6) is -2.93. The average molecular weight is 196 g/mol. The van der Waals surface area contributed by atoms with Crippen LogP contribution in [-0.2, 0) is 4.74 Å². The van der Waals surface area contributed by atoms with Gasteiger partial charge in [0.25, 0.3) is 0 Å². The monoisotopic (exact) mass is 196 g/mol. The normalized spacial score (nSPS) is 44.8. The van der Waals surface area contributed by atoms with Gasteiger partial charge in [-0.3, -0.25) is 0 Å². The van der Waals surface area contributed by atoms with E-state index in [1.54, 1.807) is 0 Å². The van der Waals surface area contributed by atoms with Crippen molar-refractivity contribution in [1.82, 2.24) is 0 Å². The van der Waals surface area contributed by atoms with Gasteiger partial charge in [0.2, 0.25) is 12.1 Å². The molecule has 4 atom stereocenters. The largest absolute Gasteiger partial charge is 0.394 e. The zero-order valence-corrected chi connectivity index (χ0v) is 6.61. The van der Waals surface area contributed by atoms with Crippen LogP contribution < -0.4 is 0 Å². The Bertz CT molecular complexity index is 182. The Hall–Kier alpha value is -0.280. The minimum atomic E-state index is -2.93. The molecule has 0 aromatic rings. The first-order valence-corrected chi connectivity index (χ1v) is 3.66. The molecule has 1 fully saturated rings. The molecular formula is C6H12O7. The van der Waals surface area contributed by atoms with E-state index in [2.05, 4.69) is 4.74 Å². The number of hydrogen-bond acceptors (Lipinski definition) is 7. The summed E-state index contributed by atoms with van der Waals surface area (Å²) in [4.78, 5) is 0. The third-order valence-corrected chi connectivity index (χ3v) is 1.99. The van der Waals surface area contributed by atoms with Gasteiger partial charge in [-0.15, -0.1) is 0 Å². The van der Waals surface area contributed by atoms with Gasteiger partial charge < -0.3 is 35.4 Å². The van der Waals surface area contributed by atoms with E-state index in [4.69, 9.17) is 30.6 Å². The highest BCUT2D eigenvalue weighted by molar-refractivity contribution is 4.92. The van der Waals surface area contributed by atoms with Crippen LogP contribution in [0.3, 0.4) is 0 Å². The van der Waals surface area contributed by atoms with Crippen LogP contribution in [0.1, 0.15) is 0 Å². The number of hydrogen-bond donors (Lipinski definition) is 6. The summed E-state index contributed by atoms with van der Waals surface area (Å²) in [5.41, 5.74) is 0. The molecule has 13 heavy (non-hydrogen) atoms. The summed E-state index contributed by atoms with van der Waals surface area (Å²) < 4.78 is 4.43. The highest BCUT2D eigenvalue weighted by Crippen LogP contribution is 2.26. The first-order chi connectivity index (χ1) is 5.91. The van der Waals surface area contributed by atoms with Gasteiger partial charge >= 0.3 is 0 Å². The van der Waals surface area contributed by atoms with Crippen molar-refractivity contribution in [1.29, 1.82) is 0 Å². The van der Waals surface area contributed by atoms with E-state index < -0.39 is 37.0 Å². The summed E-state index contributed by atoms with van der Waals surface area (Å²) in [7, 11) is 0. The lowest BCUT2D eigenvalue weighted by Crippen LogP contribution is -2.66. The summed E-state index contributed by atoms with van der Waals surface area (Å²) in [6.07, 6.45) is -6.96. The molecule has 0 saturated carbocycles. The molecule has 1 aliphatic heterocycles. The molecule has 0 aromatic carbocycles. The zero-order chi connectivity index (χ0) is 10.2. The summed E-state index contributed by atoms with van der Waals surface area (Å²) in [5, 5.41) is 53.7. The minimum Gasteiger partial charge on any atom is -0.394 e. The first kappa shape index (κ1) is 10.8. The summed E-state index contributed by atoms with van der Waals surface area (Å²) in [6.45, 7) is -0.647. The molecule has 78 valence electrons. The molecule has 1 unspecified atom stereocenters. The molecule has 0 aliphatic carbocycles. The predicted octanol–water partition coefficient (Wildman–Crippen LogP) is -3.90. The summed E-state index contributed by atoms with van der Waals surface area (Å²) in [6, 6.07) is 0. The highest BCUT2D eigenvalue weighted by Gasteiger charge is 2.53. The lowest BCUT2D eigenvalue weighted by molar-refractivity contribution is -0.395. The number of aliphatic hydroxyl groups excluding tert-OH is 4. The highest BCUT2D eigenvalue weighted by atomic mass is 16.7. The van der Waals surface area contributed by atoms with Crippen LogP contribution in [0.5, 0.6) is 0 Å². The standard InChI is InChI=1S/C6H12O7/c7-1-2-3(8)4(9)6(11,12)5(10)13-2/h2-5,7-12H,1H2/t2-,3-,4+,5?/m1/s1. The average Bonchev–Trinajstić information content (AvgIpc) is 2.09. The van der Waals surface area contributed by atoms with Crippen LogP contribution >= 0.6 is 0 Å². The van der Waals surface area contributed by atoms with Crippen molar-refractivity contribution in [3.8, 4) is 0 Å². The molecule has 1 rings (SSSR count). The van der Waals surface area contributed by atoms with E-state index in [0.717, 1.165) is 0 Å². The molecule has 0 bridgehead atoms. The fourth-order valence-electron chi connectivity index (χ4n) is 1.10. The Kier molecular flexibility index (Phi) is 2.88. The number of aliphatic hydroxyl groups is 6. The maximum absolute atomic E-state index is 9.12. The van der Waals surface area contributed by atoms with Crippen LogP contribution in [0.25, 0.3) is 0 Å². The third-order valence-electron chi connectivity index (χ3n) is 1.99. The van der Waals surface area contributed by atoms with Crippen molar-refractivity contribution in [3.05, 3.63) is 0 Å². The topological polar surface area (TPSA) is 131 Å². The van der Waals surface area contributed by atoms with Crippen LogP contribution in [0.4, 0.5) is 0 Å². The van der Waals surface area contributed by atoms with Crippen molar-refractivity contribution in [2.75, 3.05) is 6.61 Å². The molecule has 1 heterocycles. The van der Waals surface area contributed by atoms with E-state index in [0.29, 0.717) is 0 Å². The third kappa shape index (κ3) is 1.67. The maximum atomic E-state index is 9.12. The molecule has 0 radical (unpaired) electrons. The summed E-state index contributed by atoms with van der Waals surface area (Å²) >= 11 is 0. The Morgan fingerprint density at radius 2 is 1.69 bits per heavy atom. The first-order valence-electron chi connectivity index (χ1n) is 3.66. The van der Waals surface area contributed by atoms with Crippen molar-refractivity contribution < 1.29 is 35.4 Å². The molecular weight excluding hydrogens is 184 g/mol. The second-order valence-corrected chi connectivity index (χ2v) is 2.93. The van der Waals surface area contributed by atoms with Crippen LogP contribution in [0.2, 0.25) is 0 Å². The smallest absolute Gasteiger partial charge is 0.245 e. The molecule has 0 aromatic heterocycles. The number of rotatable bonds is 1. The molecule has 1 saturated heterocycles. The van der Waals surface area contributed by atoms with Crippen LogP contribution in [0.15, 0.2) is 0 Å². The second-order valence-electron chi connectivity index (χ2n) is 2.93. The number of ether oxygens (including phenoxy) is 1. The van der Waals surface area contributed by atoms with Crippen molar-refractivity contribution in [2.45, 2.75) is 30.4 Å². The molecule has 6 N–H and O–H groups in total. The fourth-order valence-corrected chi connectivity index (χ4v) is 1.10. The Morgan fingerprint density at radius 3 is 2.15 bits per heavy atom. The van der Waals surface area contributed by atoms with E-state index in [1.807, 2.05) is 0 Å². The van der Waals surface area contributed by atoms with E-state index in [-0.39, 0.29) is 0 Å². The fraction of sp³-hybridized carbons (Fsp3) is 1.00. The Morgan fingerprint density at radius 1 is 1.15 bits per heavy atom. The second kappa shape index (κ2) is 3.46. The molecule has 7 nitrogen and oxygen atoms in total. The lowest BCUT2D eigenvalue weighted by atomic mass is 9.96. The van der Waals surface area contributed by atoms with Gasteiger partial charge in [-0.2, -0.15) is 0 Å². The van der Waals surface area contributed by atoms with E-state index in [9.17, 15) is 0 Å². The lowest BCUT2D eigenvalue weighted by Gasteiger charge is -2.42. The Labute approximate surface area is 73.4 Å². The van der Waals surface area contributed by atoms with Crippen molar-refractivity contribution in [2.24, 2.45) is 0 Å². The van der Waals surface area contributed by atoms with Gasteiger partial charge in [0.1, 0.15) is 18.3 Å². The van der Waals surface area contributed by atoms with Gasteiger partial charge in [0, 0.05) is 0 Å².